The Morgan fingerprint density at radius 2 is 2.00 bits per heavy atom. The standard InChI is InChI=1S/C14H20N4O/c1-14(2,18(3)4)8-19-13-11-6-5-10(15)7-12(11)16-9-17-13/h5-7,9H,8,15H2,1-4H3. The number of nitrogens with two attached hydrogens (primary N) is 1. The molecule has 0 bridgehead atoms. The van der Waals surface area contributed by atoms with Crippen molar-refractivity contribution in [3.8, 4) is 5.88 Å². The highest BCUT2D eigenvalue weighted by Crippen LogP contribution is 2.24. The molecule has 0 fully saturated rings. The van der Waals surface area contributed by atoms with E-state index in [9.17, 15) is 0 Å². The van der Waals surface area contributed by atoms with Crippen LogP contribution in [0.3, 0.4) is 0 Å². The van der Waals surface area contributed by atoms with Crippen LogP contribution in [0.15, 0.2) is 24.5 Å². The van der Waals surface area contributed by atoms with Crippen molar-refractivity contribution in [1.29, 1.82) is 0 Å². The SMILES string of the molecule is CN(C)C(C)(C)COc1ncnc2cc(N)ccc12. The Balaban J connectivity index is 2.26. The second-order valence-electron chi connectivity index (χ2n) is 5.45. The second kappa shape index (κ2) is 5.01. The molecule has 1 heterocycles. The summed E-state index contributed by atoms with van der Waals surface area (Å²) in [5.41, 5.74) is 7.17. The number of fused-ring (bicyclic) bond motifs is 1. The van der Waals surface area contributed by atoms with Crippen LogP contribution in [0.5, 0.6) is 5.88 Å². The number of benzene rings is 1. The van der Waals surface area contributed by atoms with Crippen molar-refractivity contribution in [2.24, 2.45) is 0 Å². The van der Waals surface area contributed by atoms with E-state index in [-0.39, 0.29) is 5.54 Å². The number of likely N-dealkylation sites (N-methyl/N-ethyl adjacent to an activating group) is 1. The van der Waals surface area contributed by atoms with Gasteiger partial charge in [0.25, 0.3) is 0 Å². The molecular weight excluding hydrogens is 240 g/mol. The van der Waals surface area contributed by atoms with Crippen molar-refractivity contribution in [2.45, 2.75) is 19.4 Å². The predicted octanol–water partition coefficient (Wildman–Crippen LogP) is 1.93. The first kappa shape index (κ1) is 13.5. The van der Waals surface area contributed by atoms with Crippen LogP contribution in [-0.4, -0.2) is 41.1 Å². The van der Waals surface area contributed by atoms with Gasteiger partial charge in [-0.1, -0.05) is 0 Å². The fourth-order valence-corrected chi connectivity index (χ4v) is 1.54. The molecule has 5 nitrogen and oxygen atoms in total. The molecule has 0 unspecified atom stereocenters. The van der Waals surface area contributed by atoms with Crippen molar-refractivity contribution in [1.82, 2.24) is 14.9 Å². The average Bonchev–Trinajstić information content (AvgIpc) is 2.35. The van der Waals surface area contributed by atoms with E-state index in [1.54, 1.807) is 0 Å². The van der Waals surface area contributed by atoms with Crippen LogP contribution in [0.1, 0.15) is 13.8 Å². The number of rotatable bonds is 4. The van der Waals surface area contributed by atoms with E-state index < -0.39 is 0 Å². The van der Waals surface area contributed by atoms with E-state index in [4.69, 9.17) is 10.5 Å². The minimum atomic E-state index is -0.0644. The Labute approximate surface area is 113 Å². The van der Waals surface area contributed by atoms with Crippen molar-refractivity contribution in [2.75, 3.05) is 26.4 Å². The van der Waals surface area contributed by atoms with E-state index in [1.165, 1.54) is 6.33 Å². The zero-order chi connectivity index (χ0) is 14.0. The molecule has 0 atom stereocenters. The summed E-state index contributed by atoms with van der Waals surface area (Å²) in [5.74, 6) is 0.597. The number of nitrogens with zero attached hydrogens (tertiary/aromatic N) is 3. The highest BCUT2D eigenvalue weighted by atomic mass is 16.5. The summed E-state index contributed by atoms with van der Waals surface area (Å²) < 4.78 is 5.85. The number of ether oxygens (including phenoxy) is 1. The summed E-state index contributed by atoms with van der Waals surface area (Å²) in [4.78, 5) is 10.5. The molecule has 1 aromatic heterocycles. The van der Waals surface area contributed by atoms with E-state index in [2.05, 4.69) is 28.7 Å². The lowest BCUT2D eigenvalue weighted by molar-refractivity contribution is 0.112. The lowest BCUT2D eigenvalue weighted by Crippen LogP contribution is -2.43. The predicted molar refractivity (Wildman–Crippen MR) is 77.2 cm³/mol. The maximum absolute atomic E-state index is 5.85. The number of aromatic nitrogens is 2. The third-order valence-corrected chi connectivity index (χ3v) is 3.40. The molecule has 0 saturated heterocycles. The van der Waals surface area contributed by atoms with Gasteiger partial charge in [0.2, 0.25) is 5.88 Å². The minimum Gasteiger partial charge on any atom is -0.475 e. The number of hydrogen-bond donors (Lipinski definition) is 1. The summed E-state index contributed by atoms with van der Waals surface area (Å²) in [6, 6.07) is 5.54. The zero-order valence-corrected chi connectivity index (χ0v) is 11.8. The number of anilines is 1. The Morgan fingerprint density at radius 1 is 1.26 bits per heavy atom. The molecular formula is C14H20N4O. The first-order valence-corrected chi connectivity index (χ1v) is 6.20. The van der Waals surface area contributed by atoms with Crippen molar-refractivity contribution in [3.05, 3.63) is 24.5 Å². The van der Waals surface area contributed by atoms with Gasteiger partial charge in [-0.05, 0) is 46.1 Å². The molecule has 2 N–H and O–H groups in total. The van der Waals surface area contributed by atoms with Gasteiger partial charge >= 0.3 is 0 Å². The summed E-state index contributed by atoms with van der Waals surface area (Å²) >= 11 is 0. The largest absolute Gasteiger partial charge is 0.475 e. The van der Waals surface area contributed by atoms with Gasteiger partial charge in [-0.3, -0.25) is 0 Å². The first-order chi connectivity index (χ1) is 8.90. The molecule has 0 aliphatic rings. The highest BCUT2D eigenvalue weighted by Gasteiger charge is 2.22. The molecule has 2 rings (SSSR count). The van der Waals surface area contributed by atoms with Crippen molar-refractivity contribution < 1.29 is 4.74 Å². The van der Waals surface area contributed by atoms with Crippen molar-refractivity contribution in [3.63, 3.8) is 0 Å². The molecule has 1 aromatic carbocycles. The first-order valence-electron chi connectivity index (χ1n) is 6.20. The Hall–Kier alpha value is -1.88. The van der Waals surface area contributed by atoms with Crippen molar-refractivity contribution >= 4 is 16.6 Å². The van der Waals surface area contributed by atoms with Crippen LogP contribution >= 0.6 is 0 Å². The summed E-state index contributed by atoms with van der Waals surface area (Å²) in [7, 11) is 4.06. The number of hydrogen-bond acceptors (Lipinski definition) is 5. The van der Waals surface area contributed by atoms with Gasteiger partial charge < -0.3 is 15.4 Å². The Bertz CT molecular complexity index is 581. The third-order valence-electron chi connectivity index (χ3n) is 3.40. The maximum Gasteiger partial charge on any atom is 0.224 e. The summed E-state index contributed by atoms with van der Waals surface area (Å²) in [6.45, 7) is 4.79. The van der Waals surface area contributed by atoms with Crippen LogP contribution < -0.4 is 10.5 Å². The van der Waals surface area contributed by atoms with Gasteiger partial charge in [-0.15, -0.1) is 0 Å². The van der Waals surface area contributed by atoms with Crippen LogP contribution in [0.2, 0.25) is 0 Å². The van der Waals surface area contributed by atoms with Gasteiger partial charge in [0.15, 0.2) is 0 Å². The fraction of sp³-hybridized carbons (Fsp3) is 0.429. The second-order valence-corrected chi connectivity index (χ2v) is 5.45. The van der Waals surface area contributed by atoms with E-state index >= 15 is 0 Å². The van der Waals surface area contributed by atoms with Crippen LogP contribution in [0.25, 0.3) is 10.9 Å². The van der Waals surface area contributed by atoms with E-state index in [0.29, 0.717) is 18.2 Å². The average molecular weight is 260 g/mol. The minimum absolute atomic E-state index is 0.0644. The quantitative estimate of drug-likeness (QED) is 0.851. The molecule has 0 aliphatic carbocycles. The van der Waals surface area contributed by atoms with Gasteiger partial charge in [0.1, 0.15) is 12.9 Å². The van der Waals surface area contributed by atoms with Gasteiger partial charge in [0, 0.05) is 11.2 Å². The topological polar surface area (TPSA) is 64.3 Å². The van der Waals surface area contributed by atoms with Crippen LogP contribution in [-0.2, 0) is 0 Å². The molecule has 0 aliphatic heterocycles. The molecule has 102 valence electrons. The van der Waals surface area contributed by atoms with E-state index in [1.807, 2.05) is 32.3 Å². The monoisotopic (exact) mass is 260 g/mol. The van der Waals surface area contributed by atoms with Gasteiger partial charge in [-0.25, -0.2) is 9.97 Å². The van der Waals surface area contributed by atoms with Crippen LogP contribution in [0, 0.1) is 0 Å². The normalized spacial score (nSPS) is 12.1. The lowest BCUT2D eigenvalue weighted by Gasteiger charge is -2.32. The zero-order valence-electron chi connectivity index (χ0n) is 11.8. The molecule has 0 amide bonds. The summed E-state index contributed by atoms with van der Waals surface area (Å²) in [5, 5.41) is 0.881. The highest BCUT2D eigenvalue weighted by molar-refractivity contribution is 5.85. The Morgan fingerprint density at radius 3 is 2.68 bits per heavy atom. The van der Waals surface area contributed by atoms with Gasteiger partial charge in [-0.2, -0.15) is 0 Å². The van der Waals surface area contributed by atoms with Crippen LogP contribution in [0.4, 0.5) is 5.69 Å². The van der Waals surface area contributed by atoms with Gasteiger partial charge in [0.05, 0.1) is 10.9 Å². The fourth-order valence-electron chi connectivity index (χ4n) is 1.54. The smallest absolute Gasteiger partial charge is 0.224 e. The third kappa shape index (κ3) is 2.93. The molecule has 0 saturated carbocycles. The van der Waals surface area contributed by atoms with E-state index in [0.717, 1.165) is 10.9 Å². The Kier molecular flexibility index (Phi) is 3.57. The number of nitrogen functional groups attached to an aromatic ring is 1. The summed E-state index contributed by atoms with van der Waals surface area (Å²) in [6.07, 6.45) is 1.50. The molecule has 2 aromatic rings. The molecule has 0 spiro atoms. The lowest BCUT2D eigenvalue weighted by atomic mass is 10.1. The molecule has 5 heteroatoms. The maximum atomic E-state index is 5.85. The molecule has 0 radical (unpaired) electrons. The molecule has 19 heavy (non-hydrogen) atoms.